The van der Waals surface area contributed by atoms with Crippen LogP contribution in [0.4, 0.5) is 13.2 Å². The van der Waals surface area contributed by atoms with Crippen LogP contribution in [0.25, 0.3) is 0 Å². The minimum atomic E-state index is -5.73. The minimum absolute atomic E-state index is 0.0323. The Morgan fingerprint density at radius 3 is 2.50 bits per heavy atom. The molecule has 0 aliphatic heterocycles. The van der Waals surface area contributed by atoms with E-state index in [2.05, 4.69) is 10.8 Å². The summed E-state index contributed by atoms with van der Waals surface area (Å²) in [7, 11) is -5.73. The zero-order chi connectivity index (χ0) is 18.4. The monoisotopic (exact) mass is 366 g/mol. The Balaban J connectivity index is 2.91. The van der Waals surface area contributed by atoms with Crippen molar-refractivity contribution in [3.8, 4) is 5.75 Å². The Kier molecular flexibility index (Phi) is 6.82. The van der Waals surface area contributed by atoms with E-state index in [1.54, 1.807) is 0 Å². The third-order valence-corrected chi connectivity index (χ3v) is 4.04. The first-order chi connectivity index (χ1) is 11.1. The van der Waals surface area contributed by atoms with Gasteiger partial charge in [-0.3, -0.25) is 4.79 Å². The highest BCUT2D eigenvalue weighted by Crippen LogP contribution is 2.30. The fraction of sp³-hybridized carbons (Fsp3) is 0.400. The van der Waals surface area contributed by atoms with Gasteiger partial charge >= 0.3 is 21.6 Å². The maximum Gasteiger partial charge on any atom is 0.534 e. The molecule has 0 radical (unpaired) electrons. The van der Waals surface area contributed by atoms with Crippen molar-refractivity contribution in [3.63, 3.8) is 0 Å². The standard InChI is InChI=1S/C15H17F3O5S/c1-2-5-12-10-11(6-3-4-7-14(19)20)8-9-13(12)23-24(21,22)15(16,17)18/h2,8-10H,1,3-7H2,(H,19,20). The highest BCUT2D eigenvalue weighted by Gasteiger charge is 2.48. The van der Waals surface area contributed by atoms with Crippen molar-refractivity contribution >= 4 is 16.1 Å². The zero-order valence-electron chi connectivity index (χ0n) is 12.7. The zero-order valence-corrected chi connectivity index (χ0v) is 13.5. The number of allylic oxidation sites excluding steroid dienone is 1. The number of hydrogen-bond donors (Lipinski definition) is 1. The predicted molar refractivity (Wildman–Crippen MR) is 81.1 cm³/mol. The van der Waals surface area contributed by atoms with Gasteiger partial charge in [-0.1, -0.05) is 18.2 Å². The predicted octanol–water partition coefficient (Wildman–Crippen LogP) is 3.44. The molecule has 5 nitrogen and oxygen atoms in total. The topological polar surface area (TPSA) is 80.7 Å². The summed E-state index contributed by atoms with van der Waals surface area (Å²) in [6.07, 6.45) is 3.14. The number of rotatable bonds is 9. The number of alkyl halides is 3. The van der Waals surface area contributed by atoms with Gasteiger partial charge in [-0.2, -0.15) is 21.6 Å². The lowest BCUT2D eigenvalue weighted by Gasteiger charge is -2.13. The van der Waals surface area contributed by atoms with Crippen LogP contribution in [0, 0.1) is 0 Å². The molecule has 0 spiro atoms. The lowest BCUT2D eigenvalue weighted by Crippen LogP contribution is -2.28. The van der Waals surface area contributed by atoms with E-state index < -0.39 is 27.3 Å². The summed E-state index contributed by atoms with van der Waals surface area (Å²) in [5, 5.41) is 8.56. The summed E-state index contributed by atoms with van der Waals surface area (Å²) < 4.78 is 63.6. The van der Waals surface area contributed by atoms with Crippen molar-refractivity contribution in [2.75, 3.05) is 0 Å². The van der Waals surface area contributed by atoms with Crippen LogP contribution in [0.3, 0.4) is 0 Å². The first-order valence-corrected chi connectivity index (χ1v) is 8.43. The Morgan fingerprint density at radius 1 is 1.29 bits per heavy atom. The first kappa shape index (κ1) is 20.0. The molecular formula is C15H17F3O5S. The van der Waals surface area contributed by atoms with Crippen molar-refractivity contribution in [3.05, 3.63) is 42.0 Å². The Bertz CT molecular complexity index is 696. The van der Waals surface area contributed by atoms with E-state index in [0.717, 1.165) is 11.6 Å². The lowest BCUT2D eigenvalue weighted by molar-refractivity contribution is -0.137. The highest BCUT2D eigenvalue weighted by molar-refractivity contribution is 7.88. The van der Waals surface area contributed by atoms with Crippen LogP contribution in [0.5, 0.6) is 5.75 Å². The van der Waals surface area contributed by atoms with E-state index in [-0.39, 0.29) is 18.4 Å². The van der Waals surface area contributed by atoms with Crippen LogP contribution in [0.2, 0.25) is 0 Å². The second-order valence-electron chi connectivity index (χ2n) is 5.02. The second-order valence-corrected chi connectivity index (χ2v) is 6.56. The quantitative estimate of drug-likeness (QED) is 0.313. The number of halogens is 3. The summed E-state index contributed by atoms with van der Waals surface area (Å²) in [6, 6.07) is 4.15. The molecule has 0 bridgehead atoms. The van der Waals surface area contributed by atoms with Gasteiger partial charge in [0.25, 0.3) is 0 Å². The summed E-state index contributed by atoms with van der Waals surface area (Å²) >= 11 is 0. The molecule has 1 N–H and O–H groups in total. The van der Waals surface area contributed by atoms with Gasteiger partial charge in [-0.05, 0) is 42.9 Å². The summed E-state index contributed by atoms with van der Waals surface area (Å²) in [5.74, 6) is -1.30. The molecule has 9 heteroatoms. The average Bonchev–Trinajstić information content (AvgIpc) is 2.45. The fourth-order valence-electron chi connectivity index (χ4n) is 1.96. The lowest BCUT2D eigenvalue weighted by atomic mass is 10.0. The third-order valence-electron chi connectivity index (χ3n) is 3.08. The molecule has 1 aromatic carbocycles. The van der Waals surface area contributed by atoms with E-state index in [1.807, 2.05) is 0 Å². The Hall–Kier alpha value is -2.03. The minimum Gasteiger partial charge on any atom is -0.481 e. The molecule has 0 atom stereocenters. The smallest absolute Gasteiger partial charge is 0.481 e. The van der Waals surface area contributed by atoms with Gasteiger partial charge in [0.15, 0.2) is 0 Å². The molecule has 0 unspecified atom stereocenters. The SMILES string of the molecule is C=CCc1cc(CCCCC(=O)O)ccc1OS(=O)(=O)C(F)(F)F. The van der Waals surface area contributed by atoms with Crippen LogP contribution in [0.1, 0.15) is 30.4 Å². The van der Waals surface area contributed by atoms with Crippen LogP contribution in [-0.4, -0.2) is 25.0 Å². The molecule has 0 saturated heterocycles. The maximum atomic E-state index is 12.4. The van der Waals surface area contributed by atoms with Gasteiger partial charge in [-0.15, -0.1) is 6.58 Å². The van der Waals surface area contributed by atoms with Crippen molar-refractivity contribution in [2.45, 2.75) is 37.6 Å². The molecule has 134 valence electrons. The normalized spacial score (nSPS) is 12.0. The molecule has 0 amide bonds. The van der Waals surface area contributed by atoms with Crippen molar-refractivity contribution in [1.82, 2.24) is 0 Å². The molecule has 0 heterocycles. The highest BCUT2D eigenvalue weighted by atomic mass is 32.2. The molecule has 1 aromatic rings. The van der Waals surface area contributed by atoms with Gasteiger partial charge in [0.1, 0.15) is 5.75 Å². The molecule has 0 fully saturated rings. The molecular weight excluding hydrogens is 349 g/mol. The average molecular weight is 366 g/mol. The Labute approximate surface area is 137 Å². The Morgan fingerprint density at radius 2 is 1.96 bits per heavy atom. The number of carboxylic acid groups (broad SMARTS) is 1. The van der Waals surface area contributed by atoms with Crippen LogP contribution >= 0.6 is 0 Å². The second kappa shape index (κ2) is 8.18. The van der Waals surface area contributed by atoms with Gasteiger partial charge in [-0.25, -0.2) is 0 Å². The number of hydrogen-bond acceptors (Lipinski definition) is 4. The molecule has 0 aliphatic rings. The maximum absolute atomic E-state index is 12.4. The summed E-state index contributed by atoms with van der Waals surface area (Å²) in [6.45, 7) is 3.47. The summed E-state index contributed by atoms with van der Waals surface area (Å²) in [5.41, 5.74) is -4.50. The van der Waals surface area contributed by atoms with E-state index in [4.69, 9.17) is 5.11 Å². The molecule has 24 heavy (non-hydrogen) atoms. The number of aliphatic carboxylic acids is 1. The molecule has 1 rings (SSSR count). The van der Waals surface area contributed by atoms with Gasteiger partial charge < -0.3 is 9.29 Å². The van der Waals surface area contributed by atoms with Crippen LogP contribution in [0.15, 0.2) is 30.9 Å². The number of unbranched alkanes of at least 4 members (excludes halogenated alkanes) is 1. The van der Waals surface area contributed by atoms with Gasteiger partial charge in [0.2, 0.25) is 0 Å². The van der Waals surface area contributed by atoms with Gasteiger partial charge in [0.05, 0.1) is 0 Å². The molecule has 0 saturated carbocycles. The third kappa shape index (κ3) is 5.88. The van der Waals surface area contributed by atoms with E-state index in [0.29, 0.717) is 19.3 Å². The number of carbonyl (C=O) groups is 1. The van der Waals surface area contributed by atoms with E-state index in [9.17, 15) is 26.4 Å². The fourth-order valence-corrected chi connectivity index (χ4v) is 2.45. The number of aryl methyl sites for hydroxylation is 1. The van der Waals surface area contributed by atoms with Crippen molar-refractivity contribution < 1.29 is 35.7 Å². The van der Waals surface area contributed by atoms with E-state index >= 15 is 0 Å². The van der Waals surface area contributed by atoms with Crippen LogP contribution < -0.4 is 4.18 Å². The number of benzene rings is 1. The van der Waals surface area contributed by atoms with Gasteiger partial charge in [0, 0.05) is 6.42 Å². The van der Waals surface area contributed by atoms with Crippen LogP contribution in [-0.2, 0) is 27.8 Å². The van der Waals surface area contributed by atoms with Crippen molar-refractivity contribution in [1.29, 1.82) is 0 Å². The first-order valence-electron chi connectivity index (χ1n) is 7.02. The number of carboxylic acids is 1. The largest absolute Gasteiger partial charge is 0.534 e. The van der Waals surface area contributed by atoms with Crippen molar-refractivity contribution in [2.24, 2.45) is 0 Å². The molecule has 0 aliphatic carbocycles. The van der Waals surface area contributed by atoms with E-state index in [1.165, 1.54) is 18.2 Å². The summed E-state index contributed by atoms with van der Waals surface area (Å²) in [4.78, 5) is 10.4. The molecule has 0 aromatic heterocycles.